The Kier molecular flexibility index (Phi) is 4.43. The van der Waals surface area contributed by atoms with E-state index in [9.17, 15) is 0 Å². The number of ether oxygens (including phenoxy) is 1. The SMILES string of the molecule is CCC(C)C(N)c1cc(Cl)ccc1OC. The van der Waals surface area contributed by atoms with Gasteiger partial charge in [-0.2, -0.15) is 0 Å². The average molecular weight is 228 g/mol. The fourth-order valence-corrected chi connectivity index (χ4v) is 1.71. The van der Waals surface area contributed by atoms with E-state index in [0.717, 1.165) is 17.7 Å². The van der Waals surface area contributed by atoms with Crippen LogP contribution in [-0.4, -0.2) is 7.11 Å². The molecule has 0 aliphatic carbocycles. The summed E-state index contributed by atoms with van der Waals surface area (Å²) in [5, 5.41) is 0.699. The van der Waals surface area contributed by atoms with Crippen LogP contribution in [0.3, 0.4) is 0 Å². The van der Waals surface area contributed by atoms with Gasteiger partial charge in [-0.3, -0.25) is 0 Å². The van der Waals surface area contributed by atoms with Gasteiger partial charge in [0.05, 0.1) is 7.11 Å². The van der Waals surface area contributed by atoms with Crippen molar-refractivity contribution in [3.05, 3.63) is 28.8 Å². The topological polar surface area (TPSA) is 35.2 Å². The second kappa shape index (κ2) is 5.38. The van der Waals surface area contributed by atoms with Crippen molar-refractivity contribution in [1.82, 2.24) is 0 Å². The van der Waals surface area contributed by atoms with E-state index in [1.165, 1.54) is 0 Å². The molecule has 84 valence electrons. The second-order valence-electron chi connectivity index (χ2n) is 3.80. The van der Waals surface area contributed by atoms with Crippen LogP contribution < -0.4 is 10.5 Å². The summed E-state index contributed by atoms with van der Waals surface area (Å²) < 4.78 is 5.28. The molecule has 2 unspecified atom stereocenters. The molecule has 0 aliphatic rings. The van der Waals surface area contributed by atoms with Crippen molar-refractivity contribution < 1.29 is 4.74 Å². The molecular weight excluding hydrogens is 210 g/mol. The Labute approximate surface area is 96.4 Å². The maximum Gasteiger partial charge on any atom is 0.123 e. The van der Waals surface area contributed by atoms with Gasteiger partial charge in [-0.25, -0.2) is 0 Å². The quantitative estimate of drug-likeness (QED) is 0.856. The number of nitrogens with two attached hydrogens (primary N) is 1. The van der Waals surface area contributed by atoms with Crippen molar-refractivity contribution in [1.29, 1.82) is 0 Å². The minimum atomic E-state index is -0.0244. The van der Waals surface area contributed by atoms with E-state index < -0.39 is 0 Å². The molecule has 1 aromatic rings. The van der Waals surface area contributed by atoms with E-state index >= 15 is 0 Å². The van der Waals surface area contributed by atoms with Gasteiger partial charge in [0.25, 0.3) is 0 Å². The minimum absolute atomic E-state index is 0.0244. The van der Waals surface area contributed by atoms with Gasteiger partial charge in [0.2, 0.25) is 0 Å². The summed E-state index contributed by atoms with van der Waals surface area (Å²) in [4.78, 5) is 0. The summed E-state index contributed by atoms with van der Waals surface area (Å²) in [7, 11) is 1.65. The lowest BCUT2D eigenvalue weighted by atomic mass is 9.93. The lowest BCUT2D eigenvalue weighted by molar-refractivity contribution is 0.388. The standard InChI is InChI=1S/C12H18ClNO/c1-4-8(2)12(14)10-7-9(13)5-6-11(10)15-3/h5-8,12H,4,14H2,1-3H3. The zero-order valence-electron chi connectivity index (χ0n) is 9.46. The Bertz CT molecular complexity index is 327. The van der Waals surface area contributed by atoms with E-state index in [1.807, 2.05) is 18.2 Å². The minimum Gasteiger partial charge on any atom is -0.496 e. The van der Waals surface area contributed by atoms with Crippen molar-refractivity contribution in [3.8, 4) is 5.75 Å². The van der Waals surface area contributed by atoms with Crippen LogP contribution in [-0.2, 0) is 0 Å². The summed E-state index contributed by atoms with van der Waals surface area (Å²) >= 11 is 5.95. The number of rotatable bonds is 4. The molecule has 0 bridgehead atoms. The van der Waals surface area contributed by atoms with Crippen molar-refractivity contribution in [2.45, 2.75) is 26.3 Å². The summed E-state index contributed by atoms with van der Waals surface area (Å²) in [6.45, 7) is 4.26. The maximum absolute atomic E-state index is 6.16. The molecule has 0 aromatic heterocycles. The first-order chi connectivity index (χ1) is 7.10. The number of benzene rings is 1. The van der Waals surface area contributed by atoms with Crippen LogP contribution in [0.5, 0.6) is 5.75 Å². The molecule has 0 spiro atoms. The molecule has 2 nitrogen and oxygen atoms in total. The molecule has 0 radical (unpaired) electrons. The van der Waals surface area contributed by atoms with Crippen molar-refractivity contribution in [2.75, 3.05) is 7.11 Å². The highest BCUT2D eigenvalue weighted by Crippen LogP contribution is 2.31. The number of hydrogen-bond acceptors (Lipinski definition) is 2. The van der Waals surface area contributed by atoms with Gasteiger partial charge in [0, 0.05) is 16.6 Å². The predicted molar refractivity (Wildman–Crippen MR) is 64.4 cm³/mol. The highest BCUT2D eigenvalue weighted by atomic mass is 35.5. The fourth-order valence-electron chi connectivity index (χ4n) is 1.53. The second-order valence-corrected chi connectivity index (χ2v) is 4.23. The van der Waals surface area contributed by atoms with E-state index in [-0.39, 0.29) is 6.04 Å². The van der Waals surface area contributed by atoms with Crippen LogP contribution in [0.1, 0.15) is 31.9 Å². The first kappa shape index (κ1) is 12.3. The Balaban J connectivity index is 3.05. The van der Waals surface area contributed by atoms with Gasteiger partial charge >= 0.3 is 0 Å². The first-order valence-corrected chi connectivity index (χ1v) is 5.57. The van der Waals surface area contributed by atoms with E-state index in [1.54, 1.807) is 7.11 Å². The fraction of sp³-hybridized carbons (Fsp3) is 0.500. The highest BCUT2D eigenvalue weighted by Gasteiger charge is 2.17. The molecule has 3 heteroatoms. The summed E-state index contributed by atoms with van der Waals surface area (Å²) in [6.07, 6.45) is 1.04. The van der Waals surface area contributed by atoms with Crippen molar-refractivity contribution in [3.63, 3.8) is 0 Å². The van der Waals surface area contributed by atoms with Gasteiger partial charge in [-0.15, -0.1) is 0 Å². The number of halogens is 1. The Morgan fingerprint density at radius 3 is 2.67 bits per heavy atom. The summed E-state index contributed by atoms with van der Waals surface area (Å²) in [5.74, 6) is 1.23. The van der Waals surface area contributed by atoms with Gasteiger partial charge in [-0.1, -0.05) is 31.9 Å². The smallest absolute Gasteiger partial charge is 0.123 e. The van der Waals surface area contributed by atoms with E-state index in [0.29, 0.717) is 10.9 Å². The molecule has 0 aliphatic heterocycles. The zero-order chi connectivity index (χ0) is 11.4. The zero-order valence-corrected chi connectivity index (χ0v) is 10.2. The average Bonchev–Trinajstić information content (AvgIpc) is 2.27. The highest BCUT2D eigenvalue weighted by molar-refractivity contribution is 6.30. The summed E-state index contributed by atoms with van der Waals surface area (Å²) in [5.41, 5.74) is 7.14. The van der Waals surface area contributed by atoms with Gasteiger partial charge < -0.3 is 10.5 Å². The normalized spacial score (nSPS) is 14.7. The van der Waals surface area contributed by atoms with Crippen LogP contribution in [0.2, 0.25) is 5.02 Å². The molecule has 0 fully saturated rings. The van der Waals surface area contributed by atoms with Crippen LogP contribution in [0.4, 0.5) is 0 Å². The van der Waals surface area contributed by atoms with Gasteiger partial charge in [0.1, 0.15) is 5.75 Å². The lowest BCUT2D eigenvalue weighted by Gasteiger charge is -2.21. The molecule has 0 heterocycles. The maximum atomic E-state index is 6.16. The number of hydrogen-bond donors (Lipinski definition) is 1. The molecule has 0 saturated carbocycles. The van der Waals surface area contributed by atoms with Crippen LogP contribution in [0.15, 0.2) is 18.2 Å². The van der Waals surface area contributed by atoms with Crippen LogP contribution in [0, 0.1) is 5.92 Å². The molecule has 1 rings (SSSR count). The molecule has 1 aromatic carbocycles. The Hall–Kier alpha value is -0.730. The summed E-state index contributed by atoms with van der Waals surface area (Å²) in [6, 6.07) is 5.54. The third-order valence-electron chi connectivity index (χ3n) is 2.81. The largest absolute Gasteiger partial charge is 0.496 e. The van der Waals surface area contributed by atoms with Gasteiger partial charge in [0.15, 0.2) is 0 Å². The third kappa shape index (κ3) is 2.86. The molecule has 0 saturated heterocycles. The number of methoxy groups -OCH3 is 1. The van der Waals surface area contributed by atoms with E-state index in [4.69, 9.17) is 22.1 Å². The van der Waals surface area contributed by atoms with Crippen LogP contribution >= 0.6 is 11.6 Å². The Morgan fingerprint density at radius 2 is 2.13 bits per heavy atom. The van der Waals surface area contributed by atoms with Crippen LogP contribution in [0.25, 0.3) is 0 Å². The molecule has 2 atom stereocenters. The molecule has 2 N–H and O–H groups in total. The Morgan fingerprint density at radius 1 is 1.47 bits per heavy atom. The lowest BCUT2D eigenvalue weighted by Crippen LogP contribution is -2.19. The molecular formula is C12H18ClNO. The van der Waals surface area contributed by atoms with Crippen molar-refractivity contribution >= 4 is 11.6 Å². The van der Waals surface area contributed by atoms with Gasteiger partial charge in [-0.05, 0) is 24.1 Å². The monoisotopic (exact) mass is 227 g/mol. The first-order valence-electron chi connectivity index (χ1n) is 5.19. The van der Waals surface area contributed by atoms with E-state index in [2.05, 4.69) is 13.8 Å². The third-order valence-corrected chi connectivity index (χ3v) is 3.04. The van der Waals surface area contributed by atoms with Crippen molar-refractivity contribution in [2.24, 2.45) is 11.7 Å². The molecule has 0 amide bonds. The predicted octanol–water partition coefficient (Wildman–Crippen LogP) is 3.39. The molecule has 15 heavy (non-hydrogen) atoms.